The van der Waals surface area contributed by atoms with Gasteiger partial charge < -0.3 is 61.6 Å². The number of esters is 7. The second-order valence-electron chi connectivity index (χ2n) is 12.3. The van der Waals surface area contributed by atoms with E-state index in [1.165, 1.54) is 14.2 Å². The molecule has 0 aliphatic carbocycles. The first-order valence-corrected chi connectivity index (χ1v) is 16.8. The van der Waals surface area contributed by atoms with Crippen LogP contribution in [0.5, 0.6) is 17.2 Å². The van der Waals surface area contributed by atoms with Gasteiger partial charge in [0.25, 0.3) is 0 Å². The summed E-state index contributed by atoms with van der Waals surface area (Å²) in [7, 11) is 2.74. The average Bonchev–Trinajstić information content (AvgIpc) is 3.07. The molecule has 2 aliphatic heterocycles. The number of hydrogen-bond acceptors (Lipinski definition) is 20. The Hall–Kier alpha value is -5.21. The molecule has 3 rings (SSSR count). The van der Waals surface area contributed by atoms with Crippen LogP contribution in [0.3, 0.4) is 0 Å². The van der Waals surface area contributed by atoms with Crippen LogP contribution in [0.15, 0.2) is 12.1 Å². The second-order valence-corrected chi connectivity index (χ2v) is 12.3. The molecule has 0 bridgehead atoms. The maximum atomic E-state index is 12.5. The molecule has 1 aromatic rings. The zero-order valence-corrected chi connectivity index (χ0v) is 32.0. The molecule has 0 unspecified atom stereocenters. The van der Waals surface area contributed by atoms with E-state index in [1.54, 1.807) is 19.1 Å². The van der Waals surface area contributed by atoms with E-state index in [-0.39, 0.29) is 17.2 Å². The standard InChI is InChI=1S/C35H46O20/c1-15-11-23(43-9)27(24(12-15)44-10)55-35-33(52-22(8)42)31(50-20(6)40)29(48-18(4)38)26(54-35)14-46-34-32(51-21(7)41)30(49-19(5)39)28(47-17(3)37)25(53-34)13-45-16(2)36/h11-12,25-26,28-35H,13-14H2,1-10H3/t25-,26-,28-,29-,30+,31+,32-,33-,34-,35+/m1/s1. The van der Waals surface area contributed by atoms with Crippen LogP contribution in [0.25, 0.3) is 0 Å². The Morgan fingerprint density at radius 2 is 0.873 bits per heavy atom. The van der Waals surface area contributed by atoms with Crippen molar-refractivity contribution in [2.45, 2.75) is 117 Å². The van der Waals surface area contributed by atoms with Crippen molar-refractivity contribution in [2.24, 2.45) is 0 Å². The quantitative estimate of drug-likeness (QED) is 0.178. The van der Waals surface area contributed by atoms with Gasteiger partial charge in [-0.15, -0.1) is 0 Å². The van der Waals surface area contributed by atoms with Gasteiger partial charge in [0, 0.05) is 48.5 Å². The summed E-state index contributed by atoms with van der Waals surface area (Å²) in [6, 6.07) is 3.25. The molecule has 20 heteroatoms. The van der Waals surface area contributed by atoms with Crippen LogP contribution >= 0.6 is 0 Å². The first kappa shape index (κ1) is 44.2. The van der Waals surface area contributed by atoms with Gasteiger partial charge in [-0.3, -0.25) is 33.6 Å². The number of ether oxygens (including phenoxy) is 13. The van der Waals surface area contributed by atoms with Crippen molar-refractivity contribution in [2.75, 3.05) is 27.4 Å². The van der Waals surface area contributed by atoms with Crippen LogP contribution in [0.2, 0.25) is 0 Å². The van der Waals surface area contributed by atoms with Gasteiger partial charge in [-0.05, 0) is 24.6 Å². The first-order valence-electron chi connectivity index (χ1n) is 16.8. The SMILES string of the molecule is COc1cc(C)cc(OC)c1O[C@@H]1O[C@H](CO[C@@H]2O[C@H](COC(C)=O)[C@@H](OC(C)=O)[C@H](OC(C)=O)[C@H]2OC(C)=O)[C@@H](OC(C)=O)[C@H](OC(C)=O)[C@H]1OC(C)=O. The fourth-order valence-electron chi connectivity index (χ4n) is 5.84. The van der Waals surface area contributed by atoms with Crippen LogP contribution in [0, 0.1) is 6.92 Å². The van der Waals surface area contributed by atoms with Crippen molar-refractivity contribution in [3.8, 4) is 17.2 Å². The molecule has 2 fully saturated rings. The summed E-state index contributed by atoms with van der Waals surface area (Å²) in [4.78, 5) is 85.9. The zero-order chi connectivity index (χ0) is 41.1. The third kappa shape index (κ3) is 12.4. The molecule has 0 spiro atoms. The van der Waals surface area contributed by atoms with E-state index in [1.807, 2.05) is 0 Å². The van der Waals surface area contributed by atoms with Crippen LogP contribution in [-0.2, 0) is 80.9 Å². The van der Waals surface area contributed by atoms with Gasteiger partial charge in [0.05, 0.1) is 20.8 Å². The average molecular weight is 787 g/mol. The summed E-state index contributed by atoms with van der Waals surface area (Å²) in [6.07, 6.45) is -15.5. The highest BCUT2D eigenvalue weighted by atomic mass is 16.8. The van der Waals surface area contributed by atoms with Gasteiger partial charge in [-0.1, -0.05) is 0 Å². The van der Waals surface area contributed by atoms with E-state index in [2.05, 4.69) is 0 Å². The smallest absolute Gasteiger partial charge is 0.303 e. The van der Waals surface area contributed by atoms with Crippen LogP contribution in [-0.4, -0.2) is 131 Å². The lowest BCUT2D eigenvalue weighted by Gasteiger charge is -2.46. The molecule has 0 aromatic heterocycles. The summed E-state index contributed by atoms with van der Waals surface area (Å²) >= 11 is 0. The molecule has 0 N–H and O–H groups in total. The fraction of sp³-hybridized carbons (Fsp3) is 0.629. The molecule has 10 atom stereocenters. The van der Waals surface area contributed by atoms with E-state index in [4.69, 9.17) is 61.6 Å². The van der Waals surface area contributed by atoms with E-state index >= 15 is 0 Å². The number of carbonyl (C=O) groups is 7. The van der Waals surface area contributed by atoms with Crippen LogP contribution in [0.1, 0.15) is 54.0 Å². The lowest BCUT2D eigenvalue weighted by atomic mass is 9.97. The minimum Gasteiger partial charge on any atom is -0.493 e. The molecule has 306 valence electrons. The third-order valence-electron chi connectivity index (χ3n) is 7.71. The fourth-order valence-corrected chi connectivity index (χ4v) is 5.84. The van der Waals surface area contributed by atoms with E-state index < -0.39 is 116 Å². The largest absolute Gasteiger partial charge is 0.493 e. The molecule has 0 saturated carbocycles. The molecule has 2 heterocycles. The molecule has 0 radical (unpaired) electrons. The molecule has 1 aromatic carbocycles. The Labute approximate surface area is 316 Å². The van der Waals surface area contributed by atoms with Gasteiger partial charge in [0.1, 0.15) is 18.8 Å². The molecule has 2 saturated heterocycles. The predicted molar refractivity (Wildman–Crippen MR) is 178 cm³/mol. The number of aryl methyl sites for hydroxylation is 1. The first-order chi connectivity index (χ1) is 25.8. The topological polar surface area (TPSA) is 239 Å². The summed E-state index contributed by atoms with van der Waals surface area (Å²) in [6.45, 7) is 8.06. The maximum Gasteiger partial charge on any atom is 0.303 e. The maximum absolute atomic E-state index is 12.5. The lowest BCUT2D eigenvalue weighted by molar-refractivity contribution is -0.327. The Morgan fingerprint density at radius 1 is 0.509 bits per heavy atom. The number of benzene rings is 1. The molecule has 0 amide bonds. The summed E-state index contributed by atoms with van der Waals surface area (Å²) in [5.41, 5.74) is 0.728. The predicted octanol–water partition coefficient (Wildman–Crippen LogP) is 1.01. The van der Waals surface area contributed by atoms with Crippen LogP contribution in [0.4, 0.5) is 0 Å². The molecule has 20 nitrogen and oxygen atoms in total. The van der Waals surface area contributed by atoms with Crippen molar-refractivity contribution in [1.29, 1.82) is 0 Å². The van der Waals surface area contributed by atoms with E-state index in [9.17, 15) is 33.6 Å². The summed E-state index contributed by atoms with van der Waals surface area (Å²) in [5.74, 6) is -5.58. The molecular weight excluding hydrogens is 740 g/mol. The minimum absolute atomic E-state index is 0.00971. The number of hydrogen-bond donors (Lipinski definition) is 0. The highest BCUT2D eigenvalue weighted by molar-refractivity contribution is 5.70. The summed E-state index contributed by atoms with van der Waals surface area (Å²) < 4.78 is 73.6. The molecular formula is C35H46O20. The van der Waals surface area contributed by atoms with Crippen molar-refractivity contribution in [3.63, 3.8) is 0 Å². The van der Waals surface area contributed by atoms with Gasteiger partial charge in [-0.2, -0.15) is 0 Å². The van der Waals surface area contributed by atoms with E-state index in [0.717, 1.165) is 54.0 Å². The van der Waals surface area contributed by atoms with Crippen molar-refractivity contribution < 1.29 is 95.1 Å². The van der Waals surface area contributed by atoms with Crippen LogP contribution < -0.4 is 14.2 Å². The number of rotatable bonds is 15. The third-order valence-corrected chi connectivity index (χ3v) is 7.71. The Morgan fingerprint density at radius 3 is 1.27 bits per heavy atom. The lowest BCUT2D eigenvalue weighted by Crippen LogP contribution is -2.65. The number of carbonyl (C=O) groups excluding carboxylic acids is 7. The van der Waals surface area contributed by atoms with Crippen molar-refractivity contribution in [3.05, 3.63) is 17.7 Å². The normalized spacial score (nSPS) is 27.3. The van der Waals surface area contributed by atoms with Crippen molar-refractivity contribution in [1.82, 2.24) is 0 Å². The van der Waals surface area contributed by atoms with Gasteiger partial charge in [0.15, 0.2) is 48.3 Å². The van der Waals surface area contributed by atoms with Gasteiger partial charge >= 0.3 is 41.8 Å². The second kappa shape index (κ2) is 19.9. The molecule has 55 heavy (non-hydrogen) atoms. The summed E-state index contributed by atoms with van der Waals surface area (Å²) in [5, 5.41) is 0. The Balaban J connectivity index is 2.14. The number of methoxy groups -OCH3 is 2. The highest BCUT2D eigenvalue weighted by Crippen LogP contribution is 2.41. The van der Waals surface area contributed by atoms with E-state index in [0.29, 0.717) is 0 Å². The monoisotopic (exact) mass is 786 g/mol. The zero-order valence-electron chi connectivity index (χ0n) is 32.0. The minimum atomic E-state index is -1.68. The Bertz CT molecular complexity index is 1550. The van der Waals surface area contributed by atoms with Crippen molar-refractivity contribution >= 4 is 41.8 Å². The molecule has 2 aliphatic rings. The van der Waals surface area contributed by atoms with Gasteiger partial charge in [0.2, 0.25) is 18.1 Å². The highest BCUT2D eigenvalue weighted by Gasteiger charge is 2.56. The van der Waals surface area contributed by atoms with Gasteiger partial charge in [-0.25, -0.2) is 0 Å². The Kier molecular flexibility index (Phi) is 16.0.